The average molecular weight is 403 g/mol. The van der Waals surface area contributed by atoms with Gasteiger partial charge in [-0.05, 0) is 62.6 Å². The van der Waals surface area contributed by atoms with Crippen molar-refractivity contribution in [1.29, 1.82) is 0 Å². The SMILES string of the molecule is COc1ccc(S(=O)(=O)N2CCC[C@H](C(=O)Nc3ccc(C)cc3C)C2)cc1. The third kappa shape index (κ3) is 4.36. The first-order valence-electron chi connectivity index (χ1n) is 9.33. The second kappa shape index (κ2) is 8.32. The Bertz CT molecular complexity index is 955. The van der Waals surface area contributed by atoms with Gasteiger partial charge in [0, 0.05) is 18.8 Å². The summed E-state index contributed by atoms with van der Waals surface area (Å²) in [6.45, 7) is 4.55. The maximum Gasteiger partial charge on any atom is 0.243 e. The van der Waals surface area contributed by atoms with Crippen LogP contribution in [-0.2, 0) is 14.8 Å². The Morgan fingerprint density at radius 2 is 1.86 bits per heavy atom. The van der Waals surface area contributed by atoms with Crippen molar-refractivity contribution in [2.45, 2.75) is 31.6 Å². The van der Waals surface area contributed by atoms with Crippen LogP contribution in [0.3, 0.4) is 0 Å². The van der Waals surface area contributed by atoms with Gasteiger partial charge in [-0.1, -0.05) is 17.7 Å². The molecular formula is C21H26N2O4S. The Morgan fingerprint density at radius 3 is 2.50 bits per heavy atom. The van der Waals surface area contributed by atoms with Crippen molar-refractivity contribution in [2.24, 2.45) is 5.92 Å². The standard InChI is InChI=1S/C21H26N2O4S/c1-15-6-11-20(16(2)13-15)22-21(24)17-5-4-12-23(14-17)28(25,26)19-9-7-18(27-3)8-10-19/h6-11,13,17H,4-5,12,14H2,1-3H3,(H,22,24)/t17-/m0/s1. The summed E-state index contributed by atoms with van der Waals surface area (Å²) in [5.41, 5.74) is 2.89. The highest BCUT2D eigenvalue weighted by Gasteiger charge is 2.33. The van der Waals surface area contributed by atoms with E-state index < -0.39 is 10.0 Å². The van der Waals surface area contributed by atoms with Gasteiger partial charge in [-0.15, -0.1) is 0 Å². The monoisotopic (exact) mass is 402 g/mol. The lowest BCUT2D eigenvalue weighted by atomic mass is 9.98. The van der Waals surface area contributed by atoms with Gasteiger partial charge in [-0.3, -0.25) is 4.79 Å². The molecule has 1 fully saturated rings. The molecule has 6 nitrogen and oxygen atoms in total. The maximum atomic E-state index is 13.0. The Hall–Kier alpha value is -2.38. The van der Waals surface area contributed by atoms with E-state index in [0.717, 1.165) is 16.8 Å². The lowest BCUT2D eigenvalue weighted by Crippen LogP contribution is -2.43. The highest BCUT2D eigenvalue weighted by molar-refractivity contribution is 7.89. The number of hydrogen-bond donors (Lipinski definition) is 1. The highest BCUT2D eigenvalue weighted by atomic mass is 32.2. The number of anilines is 1. The zero-order chi connectivity index (χ0) is 20.3. The molecule has 1 N–H and O–H groups in total. The molecule has 1 aliphatic rings. The number of hydrogen-bond acceptors (Lipinski definition) is 4. The first kappa shape index (κ1) is 20.4. The summed E-state index contributed by atoms with van der Waals surface area (Å²) >= 11 is 0. The van der Waals surface area contributed by atoms with Crippen molar-refractivity contribution in [3.8, 4) is 5.75 Å². The van der Waals surface area contributed by atoms with Gasteiger partial charge in [0.25, 0.3) is 0 Å². The van der Waals surface area contributed by atoms with Crippen molar-refractivity contribution in [3.05, 3.63) is 53.6 Å². The van der Waals surface area contributed by atoms with Gasteiger partial charge in [0.05, 0.1) is 17.9 Å². The van der Waals surface area contributed by atoms with Gasteiger partial charge in [-0.25, -0.2) is 8.42 Å². The van der Waals surface area contributed by atoms with Crippen molar-refractivity contribution < 1.29 is 17.9 Å². The Balaban J connectivity index is 1.72. The van der Waals surface area contributed by atoms with Crippen molar-refractivity contribution in [1.82, 2.24) is 4.31 Å². The highest BCUT2D eigenvalue weighted by Crippen LogP contribution is 2.26. The number of carbonyl (C=O) groups excluding carboxylic acids is 1. The molecule has 0 spiro atoms. The molecule has 1 aliphatic heterocycles. The molecule has 1 atom stereocenters. The summed E-state index contributed by atoms with van der Waals surface area (Å²) in [5.74, 6) is 0.0902. The average Bonchev–Trinajstić information content (AvgIpc) is 2.70. The van der Waals surface area contributed by atoms with Crippen LogP contribution >= 0.6 is 0 Å². The van der Waals surface area contributed by atoms with Crippen LogP contribution in [0.25, 0.3) is 0 Å². The number of sulfonamides is 1. The minimum absolute atomic E-state index is 0.137. The maximum absolute atomic E-state index is 13.0. The molecule has 0 aromatic heterocycles. The fourth-order valence-corrected chi connectivity index (χ4v) is 4.98. The van der Waals surface area contributed by atoms with Gasteiger partial charge in [0.1, 0.15) is 5.75 Å². The van der Waals surface area contributed by atoms with Gasteiger partial charge >= 0.3 is 0 Å². The Kier molecular flexibility index (Phi) is 6.05. The number of rotatable bonds is 5. The van der Waals surface area contributed by atoms with E-state index in [9.17, 15) is 13.2 Å². The van der Waals surface area contributed by atoms with Crippen LogP contribution in [0.2, 0.25) is 0 Å². The third-order valence-electron chi connectivity index (χ3n) is 5.09. The summed E-state index contributed by atoms with van der Waals surface area (Å²) < 4.78 is 32.4. The minimum atomic E-state index is -3.64. The number of carbonyl (C=O) groups is 1. The molecule has 0 saturated carbocycles. The number of ether oxygens (including phenoxy) is 1. The zero-order valence-electron chi connectivity index (χ0n) is 16.4. The van der Waals surface area contributed by atoms with Crippen LogP contribution in [-0.4, -0.2) is 38.8 Å². The fraction of sp³-hybridized carbons (Fsp3) is 0.381. The summed E-state index contributed by atoms with van der Waals surface area (Å²) in [7, 11) is -2.11. The van der Waals surface area contributed by atoms with E-state index in [1.807, 2.05) is 32.0 Å². The first-order chi connectivity index (χ1) is 13.3. The number of aryl methyl sites for hydroxylation is 2. The van der Waals surface area contributed by atoms with E-state index >= 15 is 0 Å². The predicted molar refractivity (Wildman–Crippen MR) is 109 cm³/mol. The Labute approximate surface area is 166 Å². The number of piperidine rings is 1. The molecule has 0 radical (unpaired) electrons. The van der Waals surface area contributed by atoms with E-state index in [2.05, 4.69) is 5.32 Å². The van der Waals surface area contributed by atoms with E-state index in [1.165, 1.54) is 23.5 Å². The molecule has 3 rings (SSSR count). The number of amides is 1. The normalized spacial score (nSPS) is 17.9. The summed E-state index contributed by atoms with van der Waals surface area (Å²) in [6.07, 6.45) is 1.33. The second-order valence-corrected chi connectivity index (χ2v) is 9.12. The lowest BCUT2D eigenvalue weighted by molar-refractivity contribution is -0.120. The topological polar surface area (TPSA) is 75.7 Å². The fourth-order valence-electron chi connectivity index (χ4n) is 3.46. The Morgan fingerprint density at radius 1 is 1.14 bits per heavy atom. The molecule has 2 aromatic carbocycles. The lowest BCUT2D eigenvalue weighted by Gasteiger charge is -2.31. The zero-order valence-corrected chi connectivity index (χ0v) is 17.3. The molecule has 0 unspecified atom stereocenters. The molecule has 1 heterocycles. The molecule has 1 saturated heterocycles. The largest absolute Gasteiger partial charge is 0.497 e. The molecule has 1 amide bonds. The van der Waals surface area contributed by atoms with Crippen LogP contribution in [0.1, 0.15) is 24.0 Å². The molecule has 7 heteroatoms. The van der Waals surface area contributed by atoms with E-state index in [1.54, 1.807) is 12.1 Å². The summed E-state index contributed by atoms with van der Waals surface area (Å²) in [4.78, 5) is 13.0. The van der Waals surface area contributed by atoms with Crippen LogP contribution < -0.4 is 10.1 Å². The molecular weight excluding hydrogens is 376 g/mol. The van der Waals surface area contributed by atoms with Gasteiger partial charge < -0.3 is 10.1 Å². The second-order valence-electron chi connectivity index (χ2n) is 7.19. The van der Waals surface area contributed by atoms with Gasteiger partial charge in [0.15, 0.2) is 0 Å². The summed E-state index contributed by atoms with van der Waals surface area (Å²) in [5, 5.41) is 2.96. The molecule has 0 bridgehead atoms. The van der Waals surface area contributed by atoms with E-state index in [0.29, 0.717) is 25.1 Å². The quantitative estimate of drug-likeness (QED) is 0.832. The van der Waals surface area contributed by atoms with Gasteiger partial charge in [-0.2, -0.15) is 4.31 Å². The molecule has 2 aromatic rings. The van der Waals surface area contributed by atoms with Crippen molar-refractivity contribution >= 4 is 21.6 Å². The molecule has 28 heavy (non-hydrogen) atoms. The number of benzene rings is 2. The summed E-state index contributed by atoms with van der Waals surface area (Å²) in [6, 6.07) is 12.2. The number of nitrogens with zero attached hydrogens (tertiary/aromatic N) is 1. The smallest absolute Gasteiger partial charge is 0.243 e. The van der Waals surface area contributed by atoms with E-state index in [-0.39, 0.29) is 23.3 Å². The number of nitrogens with one attached hydrogen (secondary N) is 1. The predicted octanol–water partition coefficient (Wildman–Crippen LogP) is 3.35. The minimum Gasteiger partial charge on any atom is -0.497 e. The third-order valence-corrected chi connectivity index (χ3v) is 6.97. The van der Waals surface area contributed by atoms with E-state index in [4.69, 9.17) is 4.74 Å². The van der Waals surface area contributed by atoms with Crippen LogP contribution in [0, 0.1) is 19.8 Å². The van der Waals surface area contributed by atoms with Crippen molar-refractivity contribution in [2.75, 3.05) is 25.5 Å². The van der Waals surface area contributed by atoms with Crippen molar-refractivity contribution in [3.63, 3.8) is 0 Å². The van der Waals surface area contributed by atoms with Gasteiger partial charge in [0.2, 0.25) is 15.9 Å². The van der Waals surface area contributed by atoms with Crippen LogP contribution in [0.5, 0.6) is 5.75 Å². The molecule has 0 aliphatic carbocycles. The van der Waals surface area contributed by atoms with Crippen LogP contribution in [0.4, 0.5) is 5.69 Å². The number of methoxy groups -OCH3 is 1. The molecule has 150 valence electrons. The van der Waals surface area contributed by atoms with Crippen LogP contribution in [0.15, 0.2) is 47.4 Å². The first-order valence-corrected chi connectivity index (χ1v) is 10.8.